The molecule has 0 bridgehead atoms. The Bertz CT molecular complexity index is 582. The van der Waals surface area contributed by atoms with E-state index in [1.54, 1.807) is 25.5 Å². The van der Waals surface area contributed by atoms with Crippen molar-refractivity contribution in [2.75, 3.05) is 19.4 Å². The Balaban J connectivity index is 1.69. The van der Waals surface area contributed by atoms with Gasteiger partial charge in [-0.1, -0.05) is 24.3 Å². The Labute approximate surface area is 129 Å². The highest BCUT2D eigenvalue weighted by Gasteiger charge is 1.96. The van der Waals surface area contributed by atoms with E-state index in [9.17, 15) is 5.11 Å². The molecule has 2 aromatic rings. The Hall–Kier alpha value is -1.94. The summed E-state index contributed by atoms with van der Waals surface area (Å²) in [5, 5.41) is 9.60. The van der Waals surface area contributed by atoms with Gasteiger partial charge in [0.25, 0.3) is 0 Å². The largest absolute Gasteiger partial charge is 0.507 e. The zero-order valence-corrected chi connectivity index (χ0v) is 12.8. The second-order valence-electron chi connectivity index (χ2n) is 4.49. The number of rotatable bonds is 7. The molecule has 0 radical (unpaired) electrons. The van der Waals surface area contributed by atoms with Crippen LogP contribution in [0.1, 0.15) is 11.1 Å². The Morgan fingerprint density at radius 1 is 1.14 bits per heavy atom. The maximum absolute atomic E-state index is 9.60. The molecule has 1 N–H and O–H groups in total. The molecule has 0 fully saturated rings. The summed E-state index contributed by atoms with van der Waals surface area (Å²) < 4.78 is 5.13. The molecule has 2 aromatic carbocycles. The van der Waals surface area contributed by atoms with E-state index in [0.717, 1.165) is 29.4 Å². The summed E-state index contributed by atoms with van der Waals surface area (Å²) in [6, 6.07) is 15.3. The minimum Gasteiger partial charge on any atom is -0.507 e. The maximum Gasteiger partial charge on any atom is 0.124 e. The third-order valence-electron chi connectivity index (χ3n) is 2.96. The quantitative estimate of drug-likeness (QED) is 0.625. The number of hydrogen-bond acceptors (Lipinski definition) is 4. The van der Waals surface area contributed by atoms with Crippen LogP contribution in [0.3, 0.4) is 0 Å². The first kappa shape index (κ1) is 15.4. The SMILES string of the molecule is COc1ccc(CSCCN=Cc2ccccc2O)cc1. The van der Waals surface area contributed by atoms with Crippen LogP contribution in [-0.4, -0.2) is 30.7 Å². The first-order valence-corrected chi connectivity index (χ1v) is 7.93. The van der Waals surface area contributed by atoms with E-state index in [2.05, 4.69) is 17.1 Å². The van der Waals surface area contributed by atoms with Gasteiger partial charge in [0, 0.05) is 29.8 Å². The van der Waals surface area contributed by atoms with Gasteiger partial charge >= 0.3 is 0 Å². The summed E-state index contributed by atoms with van der Waals surface area (Å²) in [4.78, 5) is 4.34. The van der Waals surface area contributed by atoms with Gasteiger partial charge in [0.2, 0.25) is 0 Å². The fraction of sp³-hybridized carbons (Fsp3) is 0.235. The van der Waals surface area contributed by atoms with Gasteiger partial charge in [0.15, 0.2) is 0 Å². The molecule has 110 valence electrons. The van der Waals surface area contributed by atoms with Gasteiger partial charge in [-0.3, -0.25) is 4.99 Å². The summed E-state index contributed by atoms with van der Waals surface area (Å²) in [5.74, 6) is 3.08. The van der Waals surface area contributed by atoms with Crippen LogP contribution in [0, 0.1) is 0 Å². The first-order valence-electron chi connectivity index (χ1n) is 6.78. The molecule has 0 aliphatic heterocycles. The van der Waals surface area contributed by atoms with E-state index < -0.39 is 0 Å². The molecule has 0 saturated carbocycles. The summed E-state index contributed by atoms with van der Waals surface area (Å²) in [6.07, 6.45) is 1.73. The Kier molecular flexibility index (Phi) is 6.16. The molecule has 0 aliphatic carbocycles. The fourth-order valence-corrected chi connectivity index (χ4v) is 2.60. The predicted octanol–water partition coefficient (Wildman–Crippen LogP) is 3.75. The molecule has 21 heavy (non-hydrogen) atoms. The van der Waals surface area contributed by atoms with Crippen molar-refractivity contribution in [1.82, 2.24) is 0 Å². The second-order valence-corrected chi connectivity index (χ2v) is 5.60. The number of phenolic OH excluding ortho intramolecular Hbond substituents is 1. The van der Waals surface area contributed by atoms with Gasteiger partial charge in [0.05, 0.1) is 7.11 Å². The summed E-state index contributed by atoms with van der Waals surface area (Å²) in [7, 11) is 1.67. The van der Waals surface area contributed by atoms with E-state index in [0.29, 0.717) is 0 Å². The van der Waals surface area contributed by atoms with Crippen molar-refractivity contribution in [2.45, 2.75) is 5.75 Å². The molecule has 0 heterocycles. The van der Waals surface area contributed by atoms with Crippen LogP contribution in [0.15, 0.2) is 53.5 Å². The molecule has 0 amide bonds. The molecule has 0 saturated heterocycles. The number of hydrogen-bond donors (Lipinski definition) is 1. The zero-order valence-electron chi connectivity index (χ0n) is 12.0. The smallest absolute Gasteiger partial charge is 0.124 e. The van der Waals surface area contributed by atoms with E-state index in [4.69, 9.17) is 4.74 Å². The summed E-state index contributed by atoms with van der Waals surface area (Å²) in [5.41, 5.74) is 2.04. The van der Waals surface area contributed by atoms with Crippen molar-refractivity contribution in [3.8, 4) is 11.5 Å². The van der Waals surface area contributed by atoms with Crippen LogP contribution in [-0.2, 0) is 5.75 Å². The Morgan fingerprint density at radius 3 is 2.62 bits per heavy atom. The predicted molar refractivity (Wildman–Crippen MR) is 89.7 cm³/mol. The zero-order chi connectivity index (χ0) is 14.9. The van der Waals surface area contributed by atoms with Crippen molar-refractivity contribution in [1.29, 1.82) is 0 Å². The van der Waals surface area contributed by atoms with E-state index >= 15 is 0 Å². The lowest BCUT2D eigenvalue weighted by Crippen LogP contribution is -1.90. The number of benzene rings is 2. The summed E-state index contributed by atoms with van der Waals surface area (Å²) >= 11 is 1.84. The van der Waals surface area contributed by atoms with Crippen molar-refractivity contribution in [3.05, 3.63) is 59.7 Å². The van der Waals surface area contributed by atoms with Crippen LogP contribution in [0.2, 0.25) is 0 Å². The highest BCUT2D eigenvalue weighted by molar-refractivity contribution is 7.98. The molecule has 3 nitrogen and oxygen atoms in total. The van der Waals surface area contributed by atoms with E-state index in [-0.39, 0.29) is 5.75 Å². The normalized spacial score (nSPS) is 10.9. The average Bonchev–Trinajstić information content (AvgIpc) is 2.53. The number of aromatic hydroxyl groups is 1. The number of ether oxygens (including phenoxy) is 1. The van der Waals surface area contributed by atoms with Crippen molar-refractivity contribution < 1.29 is 9.84 Å². The molecule has 0 atom stereocenters. The minimum absolute atomic E-state index is 0.270. The van der Waals surface area contributed by atoms with Crippen LogP contribution >= 0.6 is 11.8 Å². The molecule has 0 spiro atoms. The number of thioether (sulfide) groups is 1. The Morgan fingerprint density at radius 2 is 1.90 bits per heavy atom. The minimum atomic E-state index is 0.270. The summed E-state index contributed by atoms with van der Waals surface area (Å²) in [6.45, 7) is 0.745. The number of methoxy groups -OCH3 is 1. The van der Waals surface area contributed by atoms with Crippen LogP contribution in [0.4, 0.5) is 0 Å². The molecular formula is C17H19NO2S. The number of para-hydroxylation sites is 1. The van der Waals surface area contributed by atoms with Gasteiger partial charge < -0.3 is 9.84 Å². The van der Waals surface area contributed by atoms with Crippen molar-refractivity contribution in [3.63, 3.8) is 0 Å². The third-order valence-corrected chi connectivity index (χ3v) is 3.97. The molecular weight excluding hydrogens is 282 g/mol. The molecule has 0 aliphatic rings. The molecule has 2 rings (SSSR count). The standard InChI is InChI=1S/C17H19NO2S/c1-20-16-8-6-14(7-9-16)13-21-11-10-18-12-15-4-2-3-5-17(15)19/h2-9,12,19H,10-11,13H2,1H3. The third kappa shape index (κ3) is 5.16. The van der Waals surface area contributed by atoms with Crippen molar-refractivity contribution in [2.24, 2.45) is 4.99 Å². The topological polar surface area (TPSA) is 41.8 Å². The fourth-order valence-electron chi connectivity index (χ4n) is 1.79. The number of aliphatic imine (C=N–C) groups is 1. The van der Waals surface area contributed by atoms with Gasteiger partial charge in [-0.05, 0) is 29.8 Å². The van der Waals surface area contributed by atoms with Gasteiger partial charge in [-0.25, -0.2) is 0 Å². The molecule has 0 unspecified atom stereocenters. The highest BCUT2D eigenvalue weighted by atomic mass is 32.2. The van der Waals surface area contributed by atoms with Crippen molar-refractivity contribution >= 4 is 18.0 Å². The second kappa shape index (κ2) is 8.37. The van der Waals surface area contributed by atoms with Crippen LogP contribution < -0.4 is 4.74 Å². The monoisotopic (exact) mass is 301 g/mol. The molecule has 0 aromatic heterocycles. The van der Waals surface area contributed by atoms with E-state index in [1.807, 2.05) is 36.0 Å². The van der Waals surface area contributed by atoms with Gasteiger partial charge in [-0.2, -0.15) is 11.8 Å². The number of nitrogens with zero attached hydrogens (tertiary/aromatic N) is 1. The highest BCUT2D eigenvalue weighted by Crippen LogP contribution is 2.16. The lowest BCUT2D eigenvalue weighted by atomic mass is 10.2. The first-order chi connectivity index (χ1) is 10.3. The van der Waals surface area contributed by atoms with Gasteiger partial charge in [-0.15, -0.1) is 0 Å². The lowest BCUT2D eigenvalue weighted by Gasteiger charge is -2.03. The van der Waals surface area contributed by atoms with Gasteiger partial charge in [0.1, 0.15) is 11.5 Å². The van der Waals surface area contributed by atoms with Crippen LogP contribution in [0.25, 0.3) is 0 Å². The average molecular weight is 301 g/mol. The lowest BCUT2D eigenvalue weighted by molar-refractivity contribution is 0.414. The van der Waals surface area contributed by atoms with Crippen LogP contribution in [0.5, 0.6) is 11.5 Å². The number of phenols is 1. The maximum atomic E-state index is 9.60. The van der Waals surface area contributed by atoms with E-state index in [1.165, 1.54) is 5.56 Å². The molecule has 4 heteroatoms.